The summed E-state index contributed by atoms with van der Waals surface area (Å²) in [5.41, 5.74) is 14.0. The third-order valence-corrected chi connectivity index (χ3v) is 12.3. The summed E-state index contributed by atoms with van der Waals surface area (Å²) in [5, 5.41) is 35.4. The molecule has 5 aromatic rings. The number of nitrogens with two attached hydrogens (primary N) is 1. The van der Waals surface area contributed by atoms with E-state index in [0.717, 1.165) is 32.9 Å². The van der Waals surface area contributed by atoms with Crippen LogP contribution in [0, 0.1) is 12.3 Å². The molecule has 4 heterocycles. The molecule has 4 atom stereocenters. The molecule has 7 rings (SSSR count). The van der Waals surface area contributed by atoms with Gasteiger partial charge in [-0.25, -0.2) is 4.98 Å². The van der Waals surface area contributed by atoms with Gasteiger partial charge < -0.3 is 36.4 Å². The minimum atomic E-state index is -0.912. The largest absolute Gasteiger partial charge is 0.507 e. The number of β-amino-alcohol motifs (C(OH)–C–C–N with tert-alkyl or cyclic N) is 1. The fraction of sp³-hybridized carbons (Fsp3) is 0.378. The Morgan fingerprint density at radius 2 is 1.60 bits per heavy atom. The lowest BCUT2D eigenvalue weighted by Crippen LogP contribution is -2.59. The predicted octanol–water partition coefficient (Wildman–Crippen LogP) is 5.02. The van der Waals surface area contributed by atoms with E-state index in [1.165, 1.54) is 4.90 Å². The van der Waals surface area contributed by atoms with Crippen LogP contribution in [0.25, 0.3) is 32.8 Å². The van der Waals surface area contributed by atoms with Crippen LogP contribution in [0.5, 0.6) is 5.75 Å². The lowest BCUT2D eigenvalue weighted by atomic mass is 9.85. The zero-order chi connectivity index (χ0) is 42.7. The van der Waals surface area contributed by atoms with Gasteiger partial charge in [0.2, 0.25) is 17.7 Å². The molecule has 2 aliphatic rings. The van der Waals surface area contributed by atoms with E-state index in [9.17, 15) is 24.6 Å². The lowest BCUT2D eigenvalue weighted by molar-refractivity contribution is -0.144. The second kappa shape index (κ2) is 17.8. The van der Waals surface area contributed by atoms with Gasteiger partial charge in [0, 0.05) is 56.0 Å². The first kappa shape index (κ1) is 42.2. The number of anilines is 2. The zero-order valence-corrected chi connectivity index (χ0v) is 35.4. The average molecular weight is 832 g/mol. The summed E-state index contributed by atoms with van der Waals surface area (Å²) in [7, 11) is 0. The number of aryl methyl sites for hydroxylation is 1. The zero-order valence-electron chi connectivity index (χ0n) is 34.6. The van der Waals surface area contributed by atoms with Crippen LogP contribution in [0.15, 0.2) is 84.4 Å². The topological polar surface area (TPSA) is 190 Å². The number of nitrogens with zero attached hydrogens (tertiary/aromatic N) is 6. The van der Waals surface area contributed by atoms with Crippen molar-refractivity contribution < 1.29 is 24.6 Å². The van der Waals surface area contributed by atoms with E-state index in [-0.39, 0.29) is 43.1 Å². The fourth-order valence-corrected chi connectivity index (χ4v) is 8.71. The number of amides is 3. The second-order valence-corrected chi connectivity index (χ2v) is 17.6. The molecule has 14 nitrogen and oxygen atoms in total. The minimum Gasteiger partial charge on any atom is -0.507 e. The Kier molecular flexibility index (Phi) is 12.5. The number of rotatable bonds is 11. The van der Waals surface area contributed by atoms with Crippen molar-refractivity contribution in [3.8, 4) is 38.6 Å². The van der Waals surface area contributed by atoms with E-state index in [4.69, 9.17) is 5.73 Å². The summed E-state index contributed by atoms with van der Waals surface area (Å²) in [5.74, 6) is -0.617. The standard InChI is InChI=1S/C45H53N9O5S/c1-27(29-10-12-31(13-11-29)40-28(2)47-26-60-40)48-43(58)37-22-33(55)24-54(37)44(59)41(45(3,4)5)49-39(57)25-52-18-20-53(21-19-52)32-16-14-30(15-17-32)35-23-36(50-51-42(35)46)34-8-6-7-9-38(34)56/h6-17,23,26-27,33,37,41,55-56H,18-22,24-25H2,1-5H3,(H2,46,51)(H,48,58)(H,49,57)/t27?,33-,37+,41?/m1/s1. The highest BCUT2D eigenvalue weighted by molar-refractivity contribution is 7.13. The summed E-state index contributed by atoms with van der Waals surface area (Å²) < 4.78 is 0. The van der Waals surface area contributed by atoms with Crippen LogP contribution in [0.1, 0.15) is 51.4 Å². The number of carbonyl (C=O) groups is 3. The van der Waals surface area contributed by atoms with Crippen molar-refractivity contribution in [1.82, 2.24) is 35.6 Å². The molecule has 0 radical (unpaired) electrons. The van der Waals surface area contributed by atoms with Gasteiger partial charge in [-0.3, -0.25) is 19.3 Å². The number of likely N-dealkylation sites (tertiary alicyclic amines) is 1. The number of carbonyl (C=O) groups excluding carboxylic acids is 3. The summed E-state index contributed by atoms with van der Waals surface area (Å²) in [6, 6.07) is 22.7. The molecule has 2 aromatic heterocycles. The molecule has 15 heteroatoms. The number of phenols is 1. The Hall–Kier alpha value is -5.90. The maximum Gasteiger partial charge on any atom is 0.246 e. The van der Waals surface area contributed by atoms with Crippen molar-refractivity contribution in [3.05, 3.63) is 95.6 Å². The van der Waals surface area contributed by atoms with E-state index in [2.05, 4.69) is 35.6 Å². The molecule has 0 aliphatic carbocycles. The number of thiazole rings is 1. The molecular formula is C45H53N9O5S. The van der Waals surface area contributed by atoms with Gasteiger partial charge in [-0.2, -0.15) is 0 Å². The Labute approximate surface area is 354 Å². The first-order valence-electron chi connectivity index (χ1n) is 20.2. The van der Waals surface area contributed by atoms with Gasteiger partial charge in [0.05, 0.1) is 40.5 Å². The number of hydrogen-bond acceptors (Lipinski definition) is 12. The summed E-state index contributed by atoms with van der Waals surface area (Å²) in [6.07, 6.45) is -0.749. The van der Waals surface area contributed by atoms with Crippen LogP contribution in [0.4, 0.5) is 11.5 Å². The molecule has 2 fully saturated rings. The molecule has 2 aliphatic heterocycles. The minimum absolute atomic E-state index is 0.00565. The number of nitrogens with one attached hydrogen (secondary N) is 2. The van der Waals surface area contributed by atoms with Crippen LogP contribution < -0.4 is 21.3 Å². The highest BCUT2D eigenvalue weighted by Gasteiger charge is 2.45. The number of aliphatic hydroxyl groups excluding tert-OH is 1. The normalized spacial score (nSPS) is 18.2. The predicted molar refractivity (Wildman–Crippen MR) is 234 cm³/mol. The van der Waals surface area contributed by atoms with Crippen LogP contribution in [0.3, 0.4) is 0 Å². The molecule has 2 unspecified atom stereocenters. The fourth-order valence-electron chi connectivity index (χ4n) is 7.90. The third-order valence-electron chi connectivity index (χ3n) is 11.3. The van der Waals surface area contributed by atoms with Crippen LogP contribution in [-0.4, -0.2) is 110 Å². The second-order valence-electron chi connectivity index (χ2n) is 16.7. The quantitative estimate of drug-likeness (QED) is 0.120. The van der Waals surface area contributed by atoms with E-state index in [1.807, 2.05) is 101 Å². The number of hydrogen-bond donors (Lipinski definition) is 5. The Bertz CT molecular complexity index is 2320. The van der Waals surface area contributed by atoms with Crippen LogP contribution >= 0.6 is 11.3 Å². The molecule has 6 N–H and O–H groups in total. The van der Waals surface area contributed by atoms with E-state index in [0.29, 0.717) is 48.8 Å². The monoisotopic (exact) mass is 831 g/mol. The van der Waals surface area contributed by atoms with Gasteiger partial charge in [-0.15, -0.1) is 21.5 Å². The molecule has 314 valence electrons. The van der Waals surface area contributed by atoms with Gasteiger partial charge in [-0.1, -0.05) is 69.3 Å². The SMILES string of the molecule is Cc1ncsc1-c1ccc(C(C)NC(=O)[C@@H]2C[C@@H](O)CN2C(=O)C(NC(=O)CN2CCN(c3ccc(-c4cc(-c5ccccc5O)nnc4N)cc3)CC2)C(C)(C)C)cc1. The van der Waals surface area contributed by atoms with E-state index >= 15 is 0 Å². The Balaban J connectivity index is 0.932. The number of phenolic OH excluding ortho intramolecular Hbond substituents is 1. The molecule has 3 amide bonds. The lowest BCUT2D eigenvalue weighted by Gasteiger charge is -2.37. The number of aliphatic hydroxyl groups is 1. The number of benzene rings is 3. The van der Waals surface area contributed by atoms with Crippen LogP contribution in [0.2, 0.25) is 0 Å². The smallest absolute Gasteiger partial charge is 0.246 e. The Morgan fingerprint density at radius 3 is 2.25 bits per heavy atom. The van der Waals surface area contributed by atoms with Crippen LogP contribution in [-0.2, 0) is 14.4 Å². The molecule has 0 spiro atoms. The van der Waals surface area contributed by atoms with Gasteiger partial charge in [-0.05, 0) is 66.3 Å². The third kappa shape index (κ3) is 9.43. The Morgan fingerprint density at radius 1 is 0.917 bits per heavy atom. The van der Waals surface area contributed by atoms with Gasteiger partial charge in [0.1, 0.15) is 17.8 Å². The van der Waals surface area contributed by atoms with Crippen molar-refractivity contribution in [3.63, 3.8) is 0 Å². The van der Waals surface area contributed by atoms with Crippen molar-refractivity contribution in [2.45, 2.75) is 65.3 Å². The summed E-state index contributed by atoms with van der Waals surface area (Å²) >= 11 is 1.58. The maximum atomic E-state index is 14.2. The number of aromatic hydroxyl groups is 1. The highest BCUT2D eigenvalue weighted by Crippen LogP contribution is 2.34. The number of nitrogen functional groups attached to an aromatic ring is 1. The number of para-hydroxylation sites is 1. The number of piperazine rings is 1. The van der Waals surface area contributed by atoms with E-state index in [1.54, 1.807) is 29.5 Å². The van der Waals surface area contributed by atoms with Gasteiger partial charge in [0.25, 0.3) is 0 Å². The molecule has 60 heavy (non-hydrogen) atoms. The van der Waals surface area contributed by atoms with Crippen molar-refractivity contribution in [2.24, 2.45) is 5.41 Å². The van der Waals surface area contributed by atoms with E-state index < -0.39 is 29.5 Å². The average Bonchev–Trinajstić information content (AvgIpc) is 3.85. The highest BCUT2D eigenvalue weighted by atomic mass is 32.1. The van der Waals surface area contributed by atoms with Crippen molar-refractivity contribution in [2.75, 3.05) is 49.9 Å². The van der Waals surface area contributed by atoms with Crippen molar-refractivity contribution >= 4 is 40.6 Å². The van der Waals surface area contributed by atoms with Crippen molar-refractivity contribution in [1.29, 1.82) is 0 Å². The molecule has 2 saturated heterocycles. The summed E-state index contributed by atoms with van der Waals surface area (Å²) in [6.45, 7) is 12.3. The van der Waals surface area contributed by atoms with Gasteiger partial charge >= 0.3 is 0 Å². The maximum absolute atomic E-state index is 14.2. The molecular weight excluding hydrogens is 779 g/mol. The first-order valence-corrected chi connectivity index (χ1v) is 21.1. The van der Waals surface area contributed by atoms with Gasteiger partial charge in [0.15, 0.2) is 5.82 Å². The summed E-state index contributed by atoms with van der Waals surface area (Å²) in [4.78, 5) is 52.7. The first-order chi connectivity index (χ1) is 28.7. The number of aromatic nitrogens is 3. The molecule has 3 aromatic carbocycles. The molecule has 0 bridgehead atoms. The molecule has 0 saturated carbocycles.